The number of anilines is 2. The summed E-state index contributed by atoms with van der Waals surface area (Å²) in [4.78, 5) is 50.3. The second-order valence-electron chi connectivity index (χ2n) is 11.4. The van der Waals surface area contributed by atoms with Gasteiger partial charge in [0.25, 0.3) is 11.5 Å². The number of halogens is 5. The normalized spacial score (nSPS) is 18.3. The molecular weight excluding hydrogens is 636 g/mol. The summed E-state index contributed by atoms with van der Waals surface area (Å²) in [5.41, 5.74) is 4.79. The number of primary amides is 1. The number of fused-ring (bicyclic) bond motifs is 3. The quantitative estimate of drug-likeness (QED) is 0.255. The fourth-order valence-electron chi connectivity index (χ4n) is 6.30. The van der Waals surface area contributed by atoms with Gasteiger partial charge in [-0.1, -0.05) is 11.6 Å². The molecule has 1 aromatic carbocycles. The number of aromatic nitrogens is 4. The lowest BCUT2D eigenvalue weighted by Gasteiger charge is -2.42. The number of nitrogens with two attached hydrogens (primary N) is 1. The Bertz CT molecular complexity index is 1930. The van der Waals surface area contributed by atoms with E-state index in [1.54, 1.807) is 6.07 Å². The molecule has 2 saturated heterocycles. The van der Waals surface area contributed by atoms with Crippen molar-refractivity contribution in [1.29, 1.82) is 0 Å². The summed E-state index contributed by atoms with van der Waals surface area (Å²) in [5.74, 6) is -3.26. The van der Waals surface area contributed by atoms with Crippen LogP contribution in [-0.2, 0) is 18.4 Å². The van der Waals surface area contributed by atoms with Crippen LogP contribution >= 0.6 is 11.6 Å². The first-order valence-electron chi connectivity index (χ1n) is 14.1. The van der Waals surface area contributed by atoms with Crippen LogP contribution in [0.4, 0.5) is 29.1 Å². The average Bonchev–Trinajstić information content (AvgIpc) is 3.46. The van der Waals surface area contributed by atoms with Gasteiger partial charge < -0.3 is 30.2 Å². The molecule has 46 heavy (non-hydrogen) atoms. The van der Waals surface area contributed by atoms with Crippen molar-refractivity contribution in [2.24, 2.45) is 12.8 Å². The Morgan fingerprint density at radius 2 is 1.85 bits per heavy atom. The largest absolute Gasteiger partial charge is 0.504 e. The summed E-state index contributed by atoms with van der Waals surface area (Å²) in [6.07, 6.45) is 1.12. The summed E-state index contributed by atoms with van der Waals surface area (Å²) in [7, 11) is 1.46. The van der Waals surface area contributed by atoms with Gasteiger partial charge in [-0.2, -0.15) is 13.2 Å². The molecule has 3 aromatic heterocycles. The summed E-state index contributed by atoms with van der Waals surface area (Å²) in [5, 5.41) is 12.8. The topological polar surface area (TPSA) is 152 Å². The minimum Gasteiger partial charge on any atom is -0.504 e. The molecule has 4 N–H and O–H groups in total. The van der Waals surface area contributed by atoms with Crippen molar-refractivity contribution in [2.45, 2.75) is 37.6 Å². The summed E-state index contributed by atoms with van der Waals surface area (Å²) in [6.45, 7) is -0.893. The van der Waals surface area contributed by atoms with Crippen molar-refractivity contribution in [1.82, 2.24) is 24.0 Å². The van der Waals surface area contributed by atoms with Gasteiger partial charge in [0.1, 0.15) is 18.0 Å². The van der Waals surface area contributed by atoms with Gasteiger partial charge in [-0.15, -0.1) is 0 Å². The van der Waals surface area contributed by atoms with E-state index >= 15 is 0 Å². The predicted molar refractivity (Wildman–Crippen MR) is 160 cm³/mol. The number of piperazine rings is 1. The van der Waals surface area contributed by atoms with E-state index in [2.05, 4.69) is 15.3 Å². The molecule has 17 heteroatoms. The maximum Gasteiger partial charge on any atom is 0.401 e. The van der Waals surface area contributed by atoms with E-state index in [9.17, 15) is 37.1 Å². The van der Waals surface area contributed by atoms with Gasteiger partial charge in [0.2, 0.25) is 5.91 Å². The van der Waals surface area contributed by atoms with E-state index < -0.39 is 47.2 Å². The monoisotopic (exact) mass is 662 g/mol. The summed E-state index contributed by atoms with van der Waals surface area (Å²) >= 11 is 6.37. The van der Waals surface area contributed by atoms with Gasteiger partial charge in [0.05, 0.1) is 40.7 Å². The molecule has 2 aliphatic rings. The number of hydrogen-bond acceptors (Lipinski definition) is 8. The highest BCUT2D eigenvalue weighted by Crippen LogP contribution is 2.37. The highest BCUT2D eigenvalue weighted by Gasteiger charge is 2.43. The van der Waals surface area contributed by atoms with Gasteiger partial charge in [-0.25, -0.2) is 14.4 Å². The molecule has 0 saturated carbocycles. The van der Waals surface area contributed by atoms with Crippen LogP contribution in [0.1, 0.15) is 23.2 Å². The highest BCUT2D eigenvalue weighted by atomic mass is 35.5. The molecule has 2 atom stereocenters. The van der Waals surface area contributed by atoms with Crippen LogP contribution in [-0.4, -0.2) is 78.8 Å². The van der Waals surface area contributed by atoms with Gasteiger partial charge in [0.15, 0.2) is 11.6 Å². The van der Waals surface area contributed by atoms with Crippen molar-refractivity contribution < 1.29 is 32.3 Å². The van der Waals surface area contributed by atoms with Crippen LogP contribution in [0, 0.1) is 5.82 Å². The zero-order valence-corrected chi connectivity index (χ0v) is 24.9. The number of carbonyl (C=O) groups is 2. The molecule has 6 rings (SSSR count). The van der Waals surface area contributed by atoms with Crippen molar-refractivity contribution in [3.05, 3.63) is 63.7 Å². The van der Waals surface area contributed by atoms with Crippen molar-refractivity contribution in [3.63, 3.8) is 0 Å². The lowest BCUT2D eigenvalue weighted by Crippen LogP contribution is -2.55. The molecule has 5 heterocycles. The highest BCUT2D eigenvalue weighted by molar-refractivity contribution is 6.33. The first-order chi connectivity index (χ1) is 21.7. The minimum atomic E-state index is -4.29. The number of alkyl halides is 3. The molecule has 2 aliphatic heterocycles. The molecule has 2 fully saturated rings. The number of hydrogen-bond donors (Lipinski definition) is 3. The van der Waals surface area contributed by atoms with Gasteiger partial charge in [-0.3, -0.25) is 19.3 Å². The lowest BCUT2D eigenvalue weighted by molar-refractivity contribution is -0.147. The van der Waals surface area contributed by atoms with E-state index in [1.165, 1.54) is 39.8 Å². The smallest absolute Gasteiger partial charge is 0.401 e. The van der Waals surface area contributed by atoms with Gasteiger partial charge in [-0.05, 0) is 30.5 Å². The zero-order valence-electron chi connectivity index (χ0n) is 24.2. The number of nitrogens with zero attached hydrogens (tertiary/aromatic N) is 6. The second-order valence-corrected chi connectivity index (χ2v) is 11.8. The summed E-state index contributed by atoms with van der Waals surface area (Å²) in [6, 6.07) is 3.28. The molecule has 0 radical (unpaired) electrons. The first-order valence-corrected chi connectivity index (χ1v) is 14.5. The number of amides is 2. The van der Waals surface area contributed by atoms with E-state index in [0.717, 1.165) is 12.1 Å². The number of nitrogens with one attached hydrogen (secondary N) is 1. The van der Waals surface area contributed by atoms with E-state index in [4.69, 9.17) is 17.3 Å². The summed E-state index contributed by atoms with van der Waals surface area (Å²) < 4.78 is 56.2. The van der Waals surface area contributed by atoms with E-state index in [1.807, 2.05) is 4.90 Å². The minimum absolute atomic E-state index is 0.0303. The molecule has 0 aliphatic carbocycles. The predicted octanol–water partition coefficient (Wildman–Crippen LogP) is 3.25. The van der Waals surface area contributed by atoms with Crippen LogP contribution in [0.2, 0.25) is 5.02 Å². The van der Waals surface area contributed by atoms with E-state index in [0.29, 0.717) is 18.7 Å². The second kappa shape index (κ2) is 11.6. The molecule has 2 amide bonds. The number of aryl methyl sites for hydroxylation is 1. The van der Waals surface area contributed by atoms with Gasteiger partial charge >= 0.3 is 6.18 Å². The van der Waals surface area contributed by atoms with Crippen LogP contribution in [0.25, 0.3) is 22.2 Å². The molecule has 2 bridgehead atoms. The van der Waals surface area contributed by atoms with Crippen LogP contribution in [0.15, 0.2) is 41.7 Å². The fraction of sp³-hybridized carbons (Fsp3) is 0.345. The Balaban J connectivity index is 1.28. The van der Waals surface area contributed by atoms with Crippen LogP contribution in [0.5, 0.6) is 5.75 Å². The number of rotatable bonds is 7. The zero-order chi connectivity index (χ0) is 33.1. The molecular formula is C29H27ClF4N8O4. The third-order valence-electron chi connectivity index (χ3n) is 8.23. The molecule has 242 valence electrons. The van der Waals surface area contributed by atoms with E-state index in [-0.39, 0.29) is 64.6 Å². The number of likely N-dealkylation sites (tertiary alicyclic amines) is 1. The number of aromatic hydroxyl groups is 1. The number of carbonyl (C=O) groups excluding carboxylic acids is 2. The number of benzene rings is 1. The molecule has 12 nitrogen and oxygen atoms in total. The van der Waals surface area contributed by atoms with Gasteiger partial charge in [0, 0.05) is 50.0 Å². The number of pyridine rings is 1. The third kappa shape index (κ3) is 5.85. The van der Waals surface area contributed by atoms with Crippen LogP contribution in [0.3, 0.4) is 0 Å². The Morgan fingerprint density at radius 1 is 1.15 bits per heavy atom. The lowest BCUT2D eigenvalue weighted by atomic mass is 10.0. The average molecular weight is 663 g/mol. The fourth-order valence-corrected chi connectivity index (χ4v) is 6.45. The van der Waals surface area contributed by atoms with Crippen molar-refractivity contribution in [3.8, 4) is 16.9 Å². The standard InChI is InChI=1S/C29H27ClF4N8O4/c1-39-13-37-27-24(28(39)46)18(14-4-17(26(35)45)25(44)20(31)5-14)10-41(27)11-23(43)38-21-6-22(36-7-19(21)30)42-15-2-3-16(42)9-40(8-15)12-29(32,33)34/h4-7,10,13,15-16,44H,2-3,8-9,11-12H2,1H3,(H2,35,45)(H,36,38,43). The first kappa shape index (κ1) is 31.3. The maximum atomic E-state index is 14.6. The molecule has 4 aromatic rings. The molecule has 0 spiro atoms. The Hall–Kier alpha value is -4.70. The third-order valence-corrected chi connectivity index (χ3v) is 8.53. The molecule has 2 unspecified atom stereocenters. The Morgan fingerprint density at radius 3 is 2.50 bits per heavy atom. The number of phenols is 1. The Kier molecular flexibility index (Phi) is 7.88. The van der Waals surface area contributed by atoms with Crippen molar-refractivity contribution >= 4 is 46.0 Å². The maximum absolute atomic E-state index is 14.6. The Labute approximate surface area is 263 Å². The SMILES string of the molecule is Cn1cnc2c(c(-c3cc(F)c(O)c(C(N)=O)c3)cn2CC(=O)Nc2cc(N3C4CCC3CN(CC(F)(F)F)C4)ncc2Cl)c1=O. The van der Waals surface area contributed by atoms with Crippen LogP contribution < -0.4 is 21.5 Å². The van der Waals surface area contributed by atoms with Crippen molar-refractivity contribution in [2.75, 3.05) is 29.9 Å².